The molecule has 0 aliphatic carbocycles. The van der Waals surface area contributed by atoms with Crippen molar-refractivity contribution >= 4 is 39.0 Å². The average Bonchev–Trinajstić information content (AvgIpc) is 2.81. The van der Waals surface area contributed by atoms with E-state index in [1.807, 2.05) is 24.3 Å². The summed E-state index contributed by atoms with van der Waals surface area (Å²) in [6.45, 7) is 1.76. The SMILES string of the molecule is COc1cccc(CN2CCCN(c3ccc(NS(=O)(=O)c4ccc(Cl)cc4)cc3)C2=O)c1. The zero-order chi connectivity index (χ0) is 23.4. The number of anilines is 2. The summed E-state index contributed by atoms with van der Waals surface area (Å²) in [6, 6.07) is 20.3. The Morgan fingerprint density at radius 2 is 1.73 bits per heavy atom. The topological polar surface area (TPSA) is 79.0 Å². The van der Waals surface area contributed by atoms with Crippen molar-refractivity contribution in [2.45, 2.75) is 17.9 Å². The van der Waals surface area contributed by atoms with E-state index in [0.717, 1.165) is 17.7 Å². The summed E-state index contributed by atoms with van der Waals surface area (Å²) < 4.78 is 33.0. The first-order valence-corrected chi connectivity index (χ1v) is 12.3. The predicted octanol–water partition coefficient (Wildman–Crippen LogP) is 4.98. The maximum Gasteiger partial charge on any atom is 0.324 e. The molecule has 0 spiro atoms. The Kier molecular flexibility index (Phi) is 6.76. The molecule has 172 valence electrons. The van der Waals surface area contributed by atoms with Crippen LogP contribution in [0.5, 0.6) is 5.75 Å². The summed E-state index contributed by atoms with van der Waals surface area (Å²) in [5.74, 6) is 0.755. The molecule has 3 aromatic carbocycles. The number of hydrogen-bond acceptors (Lipinski definition) is 4. The van der Waals surface area contributed by atoms with Crippen molar-refractivity contribution in [2.24, 2.45) is 0 Å². The van der Waals surface area contributed by atoms with Crippen LogP contribution in [0.3, 0.4) is 0 Å². The van der Waals surface area contributed by atoms with Crippen LogP contribution < -0.4 is 14.4 Å². The molecule has 0 radical (unpaired) electrons. The number of carbonyl (C=O) groups is 1. The summed E-state index contributed by atoms with van der Waals surface area (Å²) in [5.41, 5.74) is 2.12. The molecule has 0 unspecified atom stereocenters. The first-order chi connectivity index (χ1) is 15.9. The Balaban J connectivity index is 1.45. The van der Waals surface area contributed by atoms with Gasteiger partial charge in [0.1, 0.15) is 5.75 Å². The van der Waals surface area contributed by atoms with E-state index in [4.69, 9.17) is 16.3 Å². The van der Waals surface area contributed by atoms with Gasteiger partial charge in [0, 0.05) is 36.0 Å². The first-order valence-electron chi connectivity index (χ1n) is 10.4. The fourth-order valence-corrected chi connectivity index (χ4v) is 4.88. The van der Waals surface area contributed by atoms with Crippen molar-refractivity contribution in [3.8, 4) is 5.75 Å². The molecule has 4 rings (SSSR count). The van der Waals surface area contributed by atoms with Crippen LogP contribution in [0.1, 0.15) is 12.0 Å². The Morgan fingerprint density at radius 3 is 2.42 bits per heavy atom. The lowest BCUT2D eigenvalue weighted by atomic mass is 10.1. The number of amides is 2. The van der Waals surface area contributed by atoms with Gasteiger partial charge in [0.2, 0.25) is 0 Å². The molecule has 7 nitrogen and oxygen atoms in total. The second-order valence-electron chi connectivity index (χ2n) is 7.67. The number of carbonyl (C=O) groups excluding carboxylic acids is 1. The summed E-state index contributed by atoms with van der Waals surface area (Å²) in [5, 5.41) is 0.463. The Hall–Kier alpha value is -3.23. The molecule has 1 heterocycles. The minimum atomic E-state index is -3.74. The molecule has 1 fully saturated rings. The van der Waals surface area contributed by atoms with Gasteiger partial charge >= 0.3 is 6.03 Å². The van der Waals surface area contributed by atoms with Gasteiger partial charge in [-0.05, 0) is 72.6 Å². The van der Waals surface area contributed by atoms with Gasteiger partial charge in [0.05, 0.1) is 12.0 Å². The highest BCUT2D eigenvalue weighted by molar-refractivity contribution is 7.92. The van der Waals surface area contributed by atoms with Crippen LogP contribution in [0.25, 0.3) is 0 Å². The van der Waals surface area contributed by atoms with Crippen LogP contribution in [0.15, 0.2) is 77.7 Å². The molecule has 9 heteroatoms. The van der Waals surface area contributed by atoms with E-state index in [2.05, 4.69) is 4.72 Å². The third-order valence-electron chi connectivity index (χ3n) is 5.37. The number of urea groups is 1. The highest BCUT2D eigenvalue weighted by atomic mass is 35.5. The lowest BCUT2D eigenvalue weighted by Crippen LogP contribution is -2.49. The summed E-state index contributed by atoms with van der Waals surface area (Å²) in [7, 11) is -2.12. The Bertz CT molecular complexity index is 1230. The van der Waals surface area contributed by atoms with Crippen LogP contribution in [0.2, 0.25) is 5.02 Å². The number of rotatable bonds is 7. The predicted molar refractivity (Wildman–Crippen MR) is 129 cm³/mol. The van der Waals surface area contributed by atoms with Crippen LogP contribution in [-0.4, -0.2) is 39.5 Å². The van der Waals surface area contributed by atoms with E-state index in [-0.39, 0.29) is 10.9 Å². The number of sulfonamides is 1. The smallest absolute Gasteiger partial charge is 0.324 e. The molecular weight excluding hydrogens is 462 g/mol. The first kappa shape index (κ1) is 22.9. The number of ether oxygens (including phenoxy) is 1. The molecule has 1 aliphatic heterocycles. The van der Waals surface area contributed by atoms with Crippen molar-refractivity contribution in [3.63, 3.8) is 0 Å². The number of benzene rings is 3. The summed E-state index contributed by atoms with van der Waals surface area (Å²) >= 11 is 5.84. The van der Waals surface area contributed by atoms with Crippen molar-refractivity contribution in [3.05, 3.63) is 83.4 Å². The van der Waals surface area contributed by atoms with E-state index in [9.17, 15) is 13.2 Å². The Morgan fingerprint density at radius 1 is 1.00 bits per heavy atom. The number of methoxy groups -OCH3 is 1. The van der Waals surface area contributed by atoms with E-state index in [0.29, 0.717) is 36.0 Å². The van der Waals surface area contributed by atoms with E-state index >= 15 is 0 Å². The van der Waals surface area contributed by atoms with Crippen LogP contribution >= 0.6 is 11.6 Å². The van der Waals surface area contributed by atoms with Crippen molar-refractivity contribution in [1.29, 1.82) is 0 Å². The van der Waals surface area contributed by atoms with Crippen LogP contribution in [-0.2, 0) is 16.6 Å². The van der Waals surface area contributed by atoms with Crippen molar-refractivity contribution in [1.82, 2.24) is 4.90 Å². The molecule has 0 aromatic heterocycles. The van der Waals surface area contributed by atoms with E-state index in [1.165, 1.54) is 24.3 Å². The van der Waals surface area contributed by atoms with E-state index < -0.39 is 10.0 Å². The molecule has 1 aliphatic rings. The van der Waals surface area contributed by atoms with Gasteiger partial charge in [-0.25, -0.2) is 13.2 Å². The number of halogens is 1. The molecule has 2 amide bonds. The van der Waals surface area contributed by atoms with Gasteiger partial charge in [0.25, 0.3) is 10.0 Å². The zero-order valence-electron chi connectivity index (χ0n) is 18.1. The minimum Gasteiger partial charge on any atom is -0.497 e. The number of hydrogen-bond donors (Lipinski definition) is 1. The van der Waals surface area contributed by atoms with Gasteiger partial charge in [-0.1, -0.05) is 23.7 Å². The zero-order valence-corrected chi connectivity index (χ0v) is 19.6. The third-order valence-corrected chi connectivity index (χ3v) is 7.02. The van der Waals surface area contributed by atoms with Gasteiger partial charge in [-0.15, -0.1) is 0 Å². The fourth-order valence-electron chi connectivity index (χ4n) is 3.70. The molecule has 33 heavy (non-hydrogen) atoms. The number of nitrogens with zero attached hydrogens (tertiary/aromatic N) is 2. The Labute approximate surface area is 198 Å². The molecule has 0 atom stereocenters. The molecule has 0 saturated carbocycles. The normalized spacial score (nSPS) is 14.3. The lowest BCUT2D eigenvalue weighted by Gasteiger charge is -2.35. The maximum absolute atomic E-state index is 13.1. The maximum atomic E-state index is 13.1. The van der Waals surface area contributed by atoms with Crippen molar-refractivity contribution in [2.75, 3.05) is 29.8 Å². The second kappa shape index (κ2) is 9.72. The van der Waals surface area contributed by atoms with Gasteiger partial charge in [-0.2, -0.15) is 0 Å². The quantitative estimate of drug-likeness (QED) is 0.511. The highest BCUT2D eigenvalue weighted by Gasteiger charge is 2.27. The number of nitrogens with one attached hydrogen (secondary N) is 1. The lowest BCUT2D eigenvalue weighted by molar-refractivity contribution is 0.192. The summed E-state index contributed by atoms with van der Waals surface area (Å²) in [4.78, 5) is 16.7. The second-order valence-corrected chi connectivity index (χ2v) is 9.79. The summed E-state index contributed by atoms with van der Waals surface area (Å²) in [6.07, 6.45) is 0.834. The van der Waals surface area contributed by atoms with Gasteiger partial charge in [0.15, 0.2) is 0 Å². The molecule has 3 aromatic rings. The van der Waals surface area contributed by atoms with Gasteiger partial charge < -0.3 is 9.64 Å². The molecular formula is C24H24ClN3O4S. The highest BCUT2D eigenvalue weighted by Crippen LogP contribution is 2.25. The fraction of sp³-hybridized carbons (Fsp3) is 0.208. The van der Waals surface area contributed by atoms with Gasteiger partial charge in [-0.3, -0.25) is 9.62 Å². The molecule has 1 N–H and O–H groups in total. The average molecular weight is 486 g/mol. The standard InChI is InChI=1S/C24H24ClN3O4S/c1-32-22-5-2-4-18(16-22)17-27-14-3-15-28(24(27)29)21-10-8-20(9-11-21)26-33(30,31)23-12-6-19(25)7-13-23/h2,4-13,16,26H,3,14-15,17H2,1H3. The van der Waals surface area contributed by atoms with E-state index in [1.54, 1.807) is 41.2 Å². The van der Waals surface area contributed by atoms with Crippen LogP contribution in [0, 0.1) is 0 Å². The minimum absolute atomic E-state index is 0.0847. The van der Waals surface area contributed by atoms with Crippen LogP contribution in [0.4, 0.5) is 16.2 Å². The third kappa shape index (κ3) is 5.40. The molecule has 1 saturated heterocycles. The van der Waals surface area contributed by atoms with Crippen molar-refractivity contribution < 1.29 is 17.9 Å². The molecule has 0 bridgehead atoms. The monoisotopic (exact) mass is 485 g/mol. The largest absolute Gasteiger partial charge is 0.497 e.